The lowest BCUT2D eigenvalue weighted by atomic mass is 10.2. The van der Waals surface area contributed by atoms with Crippen molar-refractivity contribution in [2.45, 2.75) is 20.8 Å². The molecule has 1 saturated heterocycles. The highest BCUT2D eigenvalue weighted by Gasteiger charge is 2.32. The molecule has 1 aliphatic rings. The number of nitro benzene ring substituents is 1. The molecule has 2 aromatic rings. The fourth-order valence-electron chi connectivity index (χ4n) is 3.07. The summed E-state index contributed by atoms with van der Waals surface area (Å²) in [6.07, 6.45) is 1.65. The van der Waals surface area contributed by atoms with Gasteiger partial charge in [-0.1, -0.05) is 0 Å². The second-order valence-electron chi connectivity index (χ2n) is 5.97. The number of aryl methyl sites for hydroxylation is 1. The number of amides is 3. The molecule has 8 heteroatoms. The number of rotatable bonds is 4. The van der Waals surface area contributed by atoms with Crippen molar-refractivity contribution in [1.29, 1.82) is 0 Å². The molecule has 0 radical (unpaired) electrons. The van der Waals surface area contributed by atoms with Crippen molar-refractivity contribution in [1.82, 2.24) is 14.8 Å². The molecule has 0 unspecified atom stereocenters. The van der Waals surface area contributed by atoms with E-state index in [0.29, 0.717) is 6.54 Å². The summed E-state index contributed by atoms with van der Waals surface area (Å²) in [7, 11) is 0. The normalized spacial score (nSPS) is 15.7. The summed E-state index contributed by atoms with van der Waals surface area (Å²) in [6, 6.07) is 7.73. The van der Waals surface area contributed by atoms with Gasteiger partial charge in [0, 0.05) is 35.8 Å². The summed E-state index contributed by atoms with van der Waals surface area (Å²) in [5.41, 5.74) is 3.61. The van der Waals surface area contributed by atoms with E-state index < -0.39 is 11.0 Å². The van der Waals surface area contributed by atoms with Gasteiger partial charge in [-0.2, -0.15) is 0 Å². The molecule has 0 bridgehead atoms. The maximum Gasteiger partial charge on any atom is 0.328 e. The van der Waals surface area contributed by atoms with Gasteiger partial charge >= 0.3 is 6.03 Å². The van der Waals surface area contributed by atoms with Crippen LogP contribution in [-0.4, -0.2) is 32.9 Å². The first-order valence-electron chi connectivity index (χ1n) is 8.11. The Morgan fingerprint density at radius 2 is 1.85 bits per heavy atom. The van der Waals surface area contributed by atoms with Crippen molar-refractivity contribution in [2.24, 2.45) is 0 Å². The van der Waals surface area contributed by atoms with Gasteiger partial charge in [0.05, 0.1) is 4.92 Å². The highest BCUT2D eigenvalue weighted by atomic mass is 16.6. The highest BCUT2D eigenvalue weighted by Crippen LogP contribution is 2.25. The summed E-state index contributed by atoms with van der Waals surface area (Å²) in [6.45, 7) is 5.84. The first-order valence-corrected chi connectivity index (χ1v) is 8.11. The van der Waals surface area contributed by atoms with Crippen molar-refractivity contribution < 1.29 is 14.5 Å². The van der Waals surface area contributed by atoms with E-state index in [1.807, 2.05) is 24.5 Å². The molecule has 3 rings (SSSR count). The maximum absolute atomic E-state index is 12.2. The minimum Gasteiger partial charge on any atom is -0.318 e. The molecule has 1 aromatic heterocycles. The van der Waals surface area contributed by atoms with Gasteiger partial charge in [0.25, 0.3) is 11.6 Å². The highest BCUT2D eigenvalue weighted by molar-refractivity contribution is 6.14. The molecular formula is C18H18N4O4. The molecular weight excluding hydrogens is 336 g/mol. The standard InChI is InChI=1S/C18H18N4O4/c1-4-20-17(23)16(19-18(20)24)10-13-9-11(2)21(12(13)3)14-5-7-15(8-6-14)22(25)26/h5-10H,4H2,1-3H3,(H,19,24)/b16-10-. The van der Waals surface area contributed by atoms with Crippen LogP contribution in [0.25, 0.3) is 11.8 Å². The van der Waals surface area contributed by atoms with Gasteiger partial charge in [0.1, 0.15) is 5.70 Å². The quantitative estimate of drug-likeness (QED) is 0.395. The Labute approximate surface area is 149 Å². The Hall–Kier alpha value is -3.42. The third-order valence-corrected chi connectivity index (χ3v) is 4.37. The zero-order chi connectivity index (χ0) is 19.0. The Morgan fingerprint density at radius 3 is 2.38 bits per heavy atom. The van der Waals surface area contributed by atoms with Gasteiger partial charge in [0.15, 0.2) is 0 Å². The molecule has 0 aliphatic carbocycles. The first-order chi connectivity index (χ1) is 12.3. The first kappa shape index (κ1) is 17.4. The maximum atomic E-state index is 12.2. The van der Waals surface area contributed by atoms with Crippen molar-refractivity contribution in [3.05, 3.63) is 63.1 Å². The predicted octanol–water partition coefficient (Wildman–Crippen LogP) is 2.91. The Morgan fingerprint density at radius 1 is 1.19 bits per heavy atom. The van der Waals surface area contributed by atoms with Crippen LogP contribution in [0.1, 0.15) is 23.9 Å². The fraction of sp³-hybridized carbons (Fsp3) is 0.222. The van der Waals surface area contributed by atoms with Gasteiger partial charge in [-0.05, 0) is 50.6 Å². The number of aromatic nitrogens is 1. The van der Waals surface area contributed by atoms with E-state index in [2.05, 4.69) is 5.32 Å². The van der Waals surface area contributed by atoms with Crippen LogP contribution < -0.4 is 5.32 Å². The van der Waals surface area contributed by atoms with E-state index in [1.54, 1.807) is 25.1 Å². The predicted molar refractivity (Wildman–Crippen MR) is 95.8 cm³/mol. The number of urea groups is 1. The Kier molecular flexibility index (Phi) is 4.33. The van der Waals surface area contributed by atoms with Crippen LogP contribution in [0.5, 0.6) is 0 Å². The van der Waals surface area contributed by atoms with Crippen LogP contribution in [0.3, 0.4) is 0 Å². The van der Waals surface area contributed by atoms with Gasteiger partial charge in [-0.15, -0.1) is 0 Å². The number of hydrogen-bond acceptors (Lipinski definition) is 4. The molecule has 134 valence electrons. The van der Waals surface area contributed by atoms with Crippen molar-refractivity contribution in [3.8, 4) is 5.69 Å². The number of nitro groups is 1. The minimum absolute atomic E-state index is 0.0254. The van der Waals surface area contributed by atoms with Gasteiger partial charge < -0.3 is 9.88 Å². The zero-order valence-electron chi connectivity index (χ0n) is 14.6. The summed E-state index contributed by atoms with van der Waals surface area (Å²) < 4.78 is 1.94. The van der Waals surface area contributed by atoms with Gasteiger partial charge in [-0.3, -0.25) is 19.8 Å². The summed E-state index contributed by atoms with van der Waals surface area (Å²) in [5, 5.41) is 13.4. The van der Waals surface area contributed by atoms with E-state index in [9.17, 15) is 19.7 Å². The van der Waals surface area contributed by atoms with Gasteiger partial charge in [0.2, 0.25) is 0 Å². The molecule has 1 N–H and O–H groups in total. The van der Waals surface area contributed by atoms with E-state index in [-0.39, 0.29) is 17.3 Å². The third kappa shape index (κ3) is 2.85. The number of hydrogen-bond donors (Lipinski definition) is 1. The summed E-state index contributed by atoms with van der Waals surface area (Å²) >= 11 is 0. The van der Waals surface area contributed by atoms with E-state index in [4.69, 9.17) is 0 Å². The zero-order valence-corrected chi connectivity index (χ0v) is 14.6. The molecule has 8 nitrogen and oxygen atoms in total. The lowest BCUT2D eigenvalue weighted by molar-refractivity contribution is -0.384. The van der Waals surface area contributed by atoms with Crippen molar-refractivity contribution in [2.75, 3.05) is 6.54 Å². The second-order valence-corrected chi connectivity index (χ2v) is 5.97. The van der Waals surface area contributed by atoms with Crippen LogP contribution in [0, 0.1) is 24.0 Å². The number of likely N-dealkylation sites (N-methyl/N-ethyl adjacent to an activating group) is 1. The number of carbonyl (C=O) groups is 2. The fourth-order valence-corrected chi connectivity index (χ4v) is 3.07. The van der Waals surface area contributed by atoms with E-state index >= 15 is 0 Å². The molecule has 26 heavy (non-hydrogen) atoms. The van der Waals surface area contributed by atoms with Crippen LogP contribution in [0.15, 0.2) is 36.0 Å². The summed E-state index contributed by atoms with van der Waals surface area (Å²) in [4.78, 5) is 35.5. The molecule has 0 spiro atoms. The molecule has 1 aliphatic heterocycles. The molecule has 0 atom stereocenters. The molecule has 1 aromatic carbocycles. The number of benzene rings is 1. The lowest BCUT2D eigenvalue weighted by Gasteiger charge is -2.09. The van der Waals surface area contributed by atoms with Crippen LogP contribution in [0.4, 0.5) is 10.5 Å². The largest absolute Gasteiger partial charge is 0.328 e. The number of carbonyl (C=O) groups excluding carboxylic acids is 2. The second kappa shape index (κ2) is 6.47. The van der Waals surface area contributed by atoms with Gasteiger partial charge in [-0.25, -0.2) is 4.79 Å². The number of imide groups is 1. The minimum atomic E-state index is -0.442. The summed E-state index contributed by atoms with van der Waals surface area (Å²) in [5.74, 6) is -0.349. The molecule has 0 saturated carbocycles. The number of non-ortho nitro benzene ring substituents is 1. The van der Waals surface area contributed by atoms with Crippen molar-refractivity contribution >= 4 is 23.7 Å². The SMILES string of the molecule is CCN1C(=O)N/C(=C\c2cc(C)n(-c3ccc([N+](=O)[O-])cc3)c2C)C1=O. The van der Waals surface area contributed by atoms with E-state index in [1.165, 1.54) is 12.1 Å². The average molecular weight is 354 g/mol. The Bertz CT molecular complexity index is 941. The monoisotopic (exact) mass is 354 g/mol. The smallest absolute Gasteiger partial charge is 0.318 e. The molecule has 1 fully saturated rings. The average Bonchev–Trinajstić information content (AvgIpc) is 3.03. The van der Waals surface area contributed by atoms with E-state index in [0.717, 1.165) is 27.5 Å². The third-order valence-electron chi connectivity index (χ3n) is 4.37. The number of nitrogens with one attached hydrogen (secondary N) is 1. The molecule has 3 amide bonds. The van der Waals surface area contributed by atoms with Crippen LogP contribution >= 0.6 is 0 Å². The van der Waals surface area contributed by atoms with Crippen molar-refractivity contribution in [3.63, 3.8) is 0 Å². The topological polar surface area (TPSA) is 97.5 Å². The van der Waals surface area contributed by atoms with Crippen LogP contribution in [-0.2, 0) is 4.79 Å². The number of nitrogens with zero attached hydrogens (tertiary/aromatic N) is 3. The lowest BCUT2D eigenvalue weighted by Crippen LogP contribution is -2.30. The molecule has 2 heterocycles. The van der Waals surface area contributed by atoms with Crippen LogP contribution in [0.2, 0.25) is 0 Å². The Balaban J connectivity index is 1.99.